The van der Waals surface area contributed by atoms with Crippen molar-refractivity contribution in [3.05, 3.63) is 83.8 Å². The molecule has 2 heterocycles. The zero-order valence-corrected chi connectivity index (χ0v) is 21.7. The number of benzene rings is 2. The summed E-state index contributed by atoms with van der Waals surface area (Å²) in [4.78, 5) is 16.5. The molecule has 0 amide bonds. The highest BCUT2D eigenvalue weighted by Crippen LogP contribution is 2.34. The molecule has 0 aliphatic rings. The van der Waals surface area contributed by atoms with Crippen molar-refractivity contribution < 1.29 is 24.1 Å². The van der Waals surface area contributed by atoms with Gasteiger partial charge in [0.25, 0.3) is 0 Å². The number of aromatic nitrogens is 3. The van der Waals surface area contributed by atoms with Crippen molar-refractivity contribution >= 4 is 22.9 Å². The fourth-order valence-corrected chi connectivity index (χ4v) is 4.32. The number of halogens is 1. The van der Waals surface area contributed by atoms with Crippen molar-refractivity contribution in [1.29, 1.82) is 0 Å². The number of para-hydroxylation sites is 1. The number of esters is 1. The van der Waals surface area contributed by atoms with Gasteiger partial charge < -0.3 is 14.9 Å². The molecule has 4 rings (SSSR count). The van der Waals surface area contributed by atoms with Crippen molar-refractivity contribution in [3.63, 3.8) is 0 Å². The maximum atomic E-state index is 13.8. The van der Waals surface area contributed by atoms with Crippen LogP contribution in [0.15, 0.2) is 66.7 Å². The lowest BCUT2D eigenvalue weighted by molar-refractivity contribution is -0.145. The summed E-state index contributed by atoms with van der Waals surface area (Å²) in [6.07, 6.45) is 1.06. The van der Waals surface area contributed by atoms with Crippen molar-refractivity contribution in [2.75, 3.05) is 6.61 Å². The van der Waals surface area contributed by atoms with E-state index in [1.54, 1.807) is 35.9 Å². The first kappa shape index (κ1) is 27.2. The SMILES string of the molecule is CCOC(=O)CC(O)CC(O)/C=C/c1c(C(C)C)nn(-c2ccc3ccccc3n2)c1-c1ccc(F)cc1. The molecule has 0 aliphatic carbocycles. The zero-order chi connectivity index (χ0) is 27.2. The van der Waals surface area contributed by atoms with E-state index in [0.29, 0.717) is 11.5 Å². The van der Waals surface area contributed by atoms with Crippen molar-refractivity contribution in [2.24, 2.45) is 0 Å². The van der Waals surface area contributed by atoms with Gasteiger partial charge in [0, 0.05) is 22.9 Å². The Labute approximate surface area is 221 Å². The standard InChI is InChI=1S/C30H32FN3O4/c1-4-38-28(37)18-24(36)17-23(35)14-15-25-29(19(2)3)33-34(30(25)21-9-12-22(31)13-10-21)27-16-11-20-7-5-6-8-26(20)32-27/h5-16,19,23-24,35-36H,4,17-18H2,1-3H3/b15-14+. The van der Waals surface area contributed by atoms with Crippen molar-refractivity contribution in [1.82, 2.24) is 14.8 Å². The Hall–Kier alpha value is -3.88. The second-order valence-corrected chi connectivity index (χ2v) is 9.41. The van der Waals surface area contributed by atoms with Gasteiger partial charge in [-0.1, -0.05) is 44.2 Å². The van der Waals surface area contributed by atoms with E-state index in [0.717, 1.165) is 27.7 Å². The number of rotatable bonds is 10. The quantitative estimate of drug-likeness (QED) is 0.272. The minimum absolute atomic E-state index is 0.0292. The van der Waals surface area contributed by atoms with Gasteiger partial charge in [-0.05, 0) is 55.3 Å². The molecule has 2 atom stereocenters. The van der Waals surface area contributed by atoms with Gasteiger partial charge in [0.15, 0.2) is 5.82 Å². The van der Waals surface area contributed by atoms with Gasteiger partial charge in [0.2, 0.25) is 0 Å². The Balaban J connectivity index is 1.76. The van der Waals surface area contributed by atoms with E-state index in [-0.39, 0.29) is 31.2 Å². The third-order valence-corrected chi connectivity index (χ3v) is 6.12. The first-order valence-electron chi connectivity index (χ1n) is 12.7. The van der Waals surface area contributed by atoms with Crippen LogP contribution in [0.1, 0.15) is 50.8 Å². The molecule has 0 saturated heterocycles. The first-order valence-corrected chi connectivity index (χ1v) is 12.7. The Morgan fingerprint density at radius 2 is 1.82 bits per heavy atom. The summed E-state index contributed by atoms with van der Waals surface area (Å²) < 4.78 is 20.4. The molecule has 38 heavy (non-hydrogen) atoms. The van der Waals surface area contributed by atoms with Gasteiger partial charge in [0.1, 0.15) is 5.82 Å². The number of carbonyl (C=O) groups is 1. The van der Waals surface area contributed by atoms with E-state index in [4.69, 9.17) is 14.8 Å². The molecule has 2 N–H and O–H groups in total. The van der Waals surface area contributed by atoms with Crippen LogP contribution in [-0.4, -0.2) is 49.8 Å². The molecule has 0 radical (unpaired) electrons. The molecular weight excluding hydrogens is 485 g/mol. The van der Waals surface area contributed by atoms with Crippen LogP contribution in [-0.2, 0) is 9.53 Å². The summed E-state index contributed by atoms with van der Waals surface area (Å²) in [5, 5.41) is 26.7. The van der Waals surface area contributed by atoms with Crippen LogP contribution in [0.25, 0.3) is 34.1 Å². The minimum Gasteiger partial charge on any atom is -0.466 e. The van der Waals surface area contributed by atoms with Crippen LogP contribution in [0.2, 0.25) is 0 Å². The monoisotopic (exact) mass is 517 g/mol. The smallest absolute Gasteiger partial charge is 0.308 e. The minimum atomic E-state index is -1.04. The maximum absolute atomic E-state index is 13.8. The summed E-state index contributed by atoms with van der Waals surface area (Å²) in [6.45, 7) is 5.96. The van der Waals surface area contributed by atoms with E-state index in [2.05, 4.69) is 0 Å². The normalized spacial score (nSPS) is 13.3. The summed E-state index contributed by atoms with van der Waals surface area (Å²) in [6, 6.07) is 17.8. The summed E-state index contributed by atoms with van der Waals surface area (Å²) >= 11 is 0. The fraction of sp³-hybridized carbons (Fsp3) is 0.300. The van der Waals surface area contributed by atoms with Crippen LogP contribution >= 0.6 is 0 Å². The Bertz CT molecular complexity index is 1430. The second kappa shape index (κ2) is 12.1. The molecule has 0 spiro atoms. The summed E-state index contributed by atoms with van der Waals surface area (Å²) in [5.41, 5.74) is 3.78. The Kier molecular flexibility index (Phi) is 8.66. The van der Waals surface area contributed by atoms with Crippen LogP contribution < -0.4 is 0 Å². The summed E-state index contributed by atoms with van der Waals surface area (Å²) in [7, 11) is 0. The number of fused-ring (bicyclic) bond motifs is 1. The third kappa shape index (κ3) is 6.33. The zero-order valence-electron chi connectivity index (χ0n) is 21.7. The molecule has 198 valence electrons. The highest BCUT2D eigenvalue weighted by molar-refractivity contribution is 5.80. The average molecular weight is 518 g/mol. The van der Waals surface area contributed by atoms with Gasteiger partial charge in [0.05, 0.1) is 42.1 Å². The lowest BCUT2D eigenvalue weighted by Gasteiger charge is -2.13. The molecule has 0 saturated carbocycles. The number of aliphatic hydroxyl groups excluding tert-OH is 2. The predicted molar refractivity (Wildman–Crippen MR) is 145 cm³/mol. The van der Waals surface area contributed by atoms with E-state index in [1.165, 1.54) is 12.1 Å². The molecule has 0 aliphatic heterocycles. The number of carbonyl (C=O) groups excluding carboxylic acids is 1. The molecule has 4 aromatic rings. The molecule has 8 heteroatoms. The molecule has 2 aromatic heterocycles. The van der Waals surface area contributed by atoms with Gasteiger partial charge in [-0.2, -0.15) is 5.10 Å². The van der Waals surface area contributed by atoms with E-state index in [1.807, 2.05) is 50.2 Å². The van der Waals surface area contributed by atoms with Crippen molar-refractivity contribution in [2.45, 2.75) is 51.7 Å². The van der Waals surface area contributed by atoms with Crippen LogP contribution in [0.4, 0.5) is 4.39 Å². The maximum Gasteiger partial charge on any atom is 0.308 e. The highest BCUT2D eigenvalue weighted by atomic mass is 19.1. The van der Waals surface area contributed by atoms with Crippen molar-refractivity contribution in [3.8, 4) is 17.1 Å². The number of hydrogen-bond acceptors (Lipinski definition) is 6. The molecule has 0 bridgehead atoms. The Morgan fingerprint density at radius 1 is 1.08 bits per heavy atom. The number of ether oxygens (including phenoxy) is 1. The second-order valence-electron chi connectivity index (χ2n) is 9.41. The first-order chi connectivity index (χ1) is 18.3. The van der Waals surface area contributed by atoms with E-state index in [9.17, 15) is 19.4 Å². The van der Waals surface area contributed by atoms with Gasteiger partial charge in [-0.3, -0.25) is 4.79 Å². The molecule has 0 fully saturated rings. The van der Waals surface area contributed by atoms with Gasteiger partial charge in [-0.15, -0.1) is 0 Å². The Morgan fingerprint density at radius 3 is 2.53 bits per heavy atom. The van der Waals surface area contributed by atoms with Crippen LogP contribution in [0, 0.1) is 5.82 Å². The largest absolute Gasteiger partial charge is 0.466 e. The number of pyridine rings is 1. The van der Waals surface area contributed by atoms with Crippen LogP contribution in [0.5, 0.6) is 0 Å². The lowest BCUT2D eigenvalue weighted by Crippen LogP contribution is -2.20. The molecule has 2 unspecified atom stereocenters. The molecule has 2 aromatic carbocycles. The molecule has 7 nitrogen and oxygen atoms in total. The lowest BCUT2D eigenvalue weighted by atomic mass is 9.98. The molecular formula is C30H32FN3O4. The average Bonchev–Trinajstić information content (AvgIpc) is 3.27. The fourth-order valence-electron chi connectivity index (χ4n) is 4.32. The van der Waals surface area contributed by atoms with E-state index >= 15 is 0 Å². The number of nitrogens with zero attached hydrogens (tertiary/aromatic N) is 3. The van der Waals surface area contributed by atoms with Gasteiger partial charge in [-0.25, -0.2) is 14.1 Å². The third-order valence-electron chi connectivity index (χ3n) is 6.12. The summed E-state index contributed by atoms with van der Waals surface area (Å²) in [5.74, 6) is -0.228. The van der Waals surface area contributed by atoms with E-state index < -0.39 is 18.2 Å². The van der Waals surface area contributed by atoms with Gasteiger partial charge >= 0.3 is 5.97 Å². The topological polar surface area (TPSA) is 97.5 Å². The van der Waals surface area contributed by atoms with Crippen LogP contribution in [0.3, 0.4) is 0 Å². The predicted octanol–water partition coefficient (Wildman–Crippen LogP) is 5.43. The number of aliphatic hydroxyl groups is 2. The number of hydrogen-bond donors (Lipinski definition) is 2. The highest BCUT2D eigenvalue weighted by Gasteiger charge is 2.22.